The van der Waals surface area contributed by atoms with Crippen LogP contribution in [-0.4, -0.2) is 16.0 Å². The fraction of sp³-hybridized carbons (Fsp3) is 0.0417. The van der Waals surface area contributed by atoms with Crippen molar-refractivity contribution in [3.05, 3.63) is 88.2 Å². The highest BCUT2D eigenvalue weighted by atomic mass is 35.5. The zero-order valence-corrected chi connectivity index (χ0v) is 18.3. The topological polar surface area (TPSA) is 68.0 Å². The molecule has 0 unspecified atom stereocenters. The number of nitrogens with zero attached hydrogens (tertiary/aromatic N) is 2. The lowest BCUT2D eigenvalue weighted by atomic mass is 10.0. The van der Waals surface area contributed by atoms with Gasteiger partial charge < -0.3 is 4.52 Å². The second-order valence-corrected chi connectivity index (χ2v) is 8.34. The Bertz CT molecular complexity index is 1450. The highest BCUT2D eigenvalue weighted by molar-refractivity contribution is 7.14. The predicted molar refractivity (Wildman–Crippen MR) is 125 cm³/mol. The molecule has 158 valence electrons. The van der Waals surface area contributed by atoms with Crippen LogP contribution in [0.1, 0.15) is 16.1 Å². The van der Waals surface area contributed by atoms with Gasteiger partial charge in [-0.1, -0.05) is 65.3 Å². The molecule has 0 fully saturated rings. The molecule has 2 heterocycles. The molecular weight excluding hydrogens is 449 g/mol. The number of hydrogen-bond donors (Lipinski definition) is 1. The second-order valence-electron chi connectivity index (χ2n) is 7.08. The number of amides is 1. The average Bonchev–Trinajstić information content (AvgIpc) is 3.40. The molecule has 0 saturated carbocycles. The van der Waals surface area contributed by atoms with E-state index in [2.05, 4.69) is 15.5 Å². The van der Waals surface area contributed by atoms with E-state index in [4.69, 9.17) is 16.1 Å². The van der Waals surface area contributed by atoms with Gasteiger partial charge in [0.05, 0.1) is 16.3 Å². The summed E-state index contributed by atoms with van der Waals surface area (Å²) in [5.41, 5.74) is 1.90. The number of carbonyl (C=O) groups excluding carboxylic acids is 1. The Hall–Kier alpha value is -3.55. The van der Waals surface area contributed by atoms with E-state index in [-0.39, 0.29) is 27.6 Å². The molecule has 5 rings (SSSR count). The number of aromatic nitrogens is 2. The third-order valence-electron chi connectivity index (χ3n) is 5.08. The fourth-order valence-corrected chi connectivity index (χ4v) is 4.56. The molecule has 0 atom stereocenters. The molecule has 0 bridgehead atoms. The Morgan fingerprint density at radius 2 is 1.88 bits per heavy atom. The summed E-state index contributed by atoms with van der Waals surface area (Å²) in [6, 6.07) is 18.3. The summed E-state index contributed by atoms with van der Waals surface area (Å²) in [4.78, 5) is 17.6. The molecule has 2 aromatic heterocycles. The van der Waals surface area contributed by atoms with E-state index in [9.17, 15) is 9.18 Å². The largest absolute Gasteiger partial charge is 0.360 e. The summed E-state index contributed by atoms with van der Waals surface area (Å²) < 4.78 is 19.6. The number of rotatable bonds is 4. The number of benzene rings is 3. The Kier molecular flexibility index (Phi) is 5.20. The van der Waals surface area contributed by atoms with Gasteiger partial charge in [-0.2, -0.15) is 0 Å². The van der Waals surface area contributed by atoms with Crippen LogP contribution in [-0.2, 0) is 0 Å². The molecule has 0 spiro atoms. The lowest BCUT2D eigenvalue weighted by molar-refractivity contribution is 0.102. The first-order valence-corrected chi connectivity index (χ1v) is 10.9. The van der Waals surface area contributed by atoms with Gasteiger partial charge in [-0.05, 0) is 29.8 Å². The number of hydrogen-bond acceptors (Lipinski definition) is 5. The van der Waals surface area contributed by atoms with Crippen molar-refractivity contribution < 1.29 is 13.7 Å². The van der Waals surface area contributed by atoms with Crippen molar-refractivity contribution in [3.63, 3.8) is 0 Å². The molecule has 0 saturated heterocycles. The molecule has 1 amide bonds. The summed E-state index contributed by atoms with van der Waals surface area (Å²) in [5, 5.41) is 11.3. The molecule has 0 aliphatic carbocycles. The van der Waals surface area contributed by atoms with Crippen molar-refractivity contribution in [2.24, 2.45) is 0 Å². The van der Waals surface area contributed by atoms with Crippen LogP contribution in [0.4, 0.5) is 9.52 Å². The van der Waals surface area contributed by atoms with Gasteiger partial charge in [-0.25, -0.2) is 9.37 Å². The van der Waals surface area contributed by atoms with Crippen molar-refractivity contribution in [2.75, 3.05) is 5.32 Å². The number of fused-ring (bicyclic) bond motifs is 1. The Balaban J connectivity index is 1.48. The van der Waals surface area contributed by atoms with Crippen molar-refractivity contribution in [1.82, 2.24) is 10.1 Å². The fourth-order valence-electron chi connectivity index (χ4n) is 3.60. The van der Waals surface area contributed by atoms with E-state index in [0.29, 0.717) is 5.13 Å². The molecular formula is C24H15ClFN3O2S. The normalized spacial score (nSPS) is 11.1. The van der Waals surface area contributed by atoms with Crippen LogP contribution in [0, 0.1) is 12.7 Å². The van der Waals surface area contributed by atoms with E-state index < -0.39 is 11.7 Å². The Labute approximate surface area is 191 Å². The van der Waals surface area contributed by atoms with Crippen molar-refractivity contribution in [2.45, 2.75) is 6.92 Å². The van der Waals surface area contributed by atoms with Crippen LogP contribution in [0.25, 0.3) is 33.3 Å². The van der Waals surface area contributed by atoms with Gasteiger partial charge in [0, 0.05) is 10.9 Å². The number of nitrogens with one attached hydrogen (secondary N) is 1. The zero-order chi connectivity index (χ0) is 22.2. The first-order chi connectivity index (χ1) is 15.5. The minimum Gasteiger partial charge on any atom is -0.360 e. The van der Waals surface area contributed by atoms with Crippen LogP contribution in [0.5, 0.6) is 0 Å². The van der Waals surface area contributed by atoms with Gasteiger partial charge in [-0.15, -0.1) is 11.3 Å². The van der Waals surface area contributed by atoms with Crippen LogP contribution in [0.15, 0.2) is 70.6 Å². The van der Waals surface area contributed by atoms with Crippen molar-refractivity contribution in [3.8, 4) is 22.5 Å². The van der Waals surface area contributed by atoms with E-state index in [1.165, 1.54) is 29.5 Å². The number of anilines is 1. The van der Waals surface area contributed by atoms with Gasteiger partial charge in [0.25, 0.3) is 5.91 Å². The SMILES string of the molecule is Cc1onc(-c2c(F)cccc2Cl)c1C(=O)Nc1nc(-c2cccc3ccccc23)cs1. The van der Waals surface area contributed by atoms with Gasteiger partial charge in [0.2, 0.25) is 0 Å². The number of halogens is 2. The maximum Gasteiger partial charge on any atom is 0.263 e. The minimum absolute atomic E-state index is 0.0201. The monoisotopic (exact) mass is 463 g/mol. The molecule has 0 radical (unpaired) electrons. The first kappa shape index (κ1) is 20.4. The zero-order valence-electron chi connectivity index (χ0n) is 16.7. The standard InChI is InChI=1S/C24H15ClFN3O2S/c1-13-20(22(29-31-13)21-17(25)10-5-11-18(21)26)23(30)28-24-27-19(12-32-24)16-9-4-7-14-6-2-3-8-15(14)16/h2-12H,1H3,(H,27,28,30). The number of thiazole rings is 1. The predicted octanol–water partition coefficient (Wildman–Crippen LogP) is 6.97. The highest BCUT2D eigenvalue weighted by Gasteiger charge is 2.26. The lowest BCUT2D eigenvalue weighted by Crippen LogP contribution is -2.13. The maximum atomic E-state index is 14.4. The molecule has 5 aromatic rings. The van der Waals surface area contributed by atoms with Crippen molar-refractivity contribution >= 4 is 44.7 Å². The number of carbonyl (C=O) groups is 1. The molecule has 0 aliphatic rings. The highest BCUT2D eigenvalue weighted by Crippen LogP contribution is 2.35. The number of aryl methyl sites for hydroxylation is 1. The summed E-state index contributed by atoms with van der Waals surface area (Å²) in [5.74, 6) is -0.841. The van der Waals surface area contributed by atoms with Crippen LogP contribution in [0.3, 0.4) is 0 Å². The van der Waals surface area contributed by atoms with Gasteiger partial charge in [0.15, 0.2) is 5.13 Å². The van der Waals surface area contributed by atoms with Crippen LogP contribution >= 0.6 is 22.9 Å². The van der Waals surface area contributed by atoms with Gasteiger partial charge >= 0.3 is 0 Å². The minimum atomic E-state index is -0.590. The molecule has 8 heteroatoms. The maximum absolute atomic E-state index is 14.4. The van der Waals surface area contributed by atoms with E-state index in [0.717, 1.165) is 22.0 Å². The summed E-state index contributed by atoms with van der Waals surface area (Å²) in [6.45, 7) is 1.59. The first-order valence-electron chi connectivity index (χ1n) is 9.68. The third kappa shape index (κ3) is 3.55. The van der Waals surface area contributed by atoms with Gasteiger partial charge in [0.1, 0.15) is 22.8 Å². The van der Waals surface area contributed by atoms with E-state index in [1.807, 2.05) is 47.8 Å². The molecule has 32 heavy (non-hydrogen) atoms. The van der Waals surface area contributed by atoms with Crippen LogP contribution in [0.2, 0.25) is 5.02 Å². The Morgan fingerprint density at radius 1 is 1.09 bits per heavy atom. The summed E-state index contributed by atoms with van der Waals surface area (Å²) in [7, 11) is 0. The van der Waals surface area contributed by atoms with E-state index in [1.54, 1.807) is 6.92 Å². The quantitative estimate of drug-likeness (QED) is 0.312. The lowest BCUT2D eigenvalue weighted by Gasteiger charge is -2.06. The summed E-state index contributed by atoms with van der Waals surface area (Å²) >= 11 is 7.46. The smallest absolute Gasteiger partial charge is 0.263 e. The third-order valence-corrected chi connectivity index (χ3v) is 6.15. The van der Waals surface area contributed by atoms with E-state index >= 15 is 0 Å². The molecule has 1 N–H and O–H groups in total. The van der Waals surface area contributed by atoms with Gasteiger partial charge in [-0.3, -0.25) is 10.1 Å². The molecule has 3 aromatic carbocycles. The second kappa shape index (κ2) is 8.18. The molecule has 0 aliphatic heterocycles. The summed E-state index contributed by atoms with van der Waals surface area (Å²) in [6.07, 6.45) is 0. The Morgan fingerprint density at radius 3 is 2.72 bits per heavy atom. The molecule has 5 nitrogen and oxygen atoms in total. The van der Waals surface area contributed by atoms with Crippen LogP contribution < -0.4 is 5.32 Å². The van der Waals surface area contributed by atoms with Crippen molar-refractivity contribution in [1.29, 1.82) is 0 Å². The average molecular weight is 464 g/mol.